The number of carbonyl (C=O) groups excluding carboxylic acids is 1. The molecule has 2 aromatic carbocycles. The summed E-state index contributed by atoms with van der Waals surface area (Å²) in [5.41, 5.74) is 4.27. The largest absolute Gasteiger partial charge is 0.345 e. The fourth-order valence-electron chi connectivity index (χ4n) is 2.48. The molecule has 0 aliphatic carbocycles. The van der Waals surface area contributed by atoms with E-state index in [0.29, 0.717) is 0 Å². The second kappa shape index (κ2) is 6.35. The molecule has 1 N–H and O–H groups in total. The first-order chi connectivity index (χ1) is 10.3. The van der Waals surface area contributed by atoms with Gasteiger partial charge in [0, 0.05) is 5.41 Å². The van der Waals surface area contributed by atoms with Crippen molar-refractivity contribution in [2.45, 2.75) is 40.7 Å². The zero-order valence-corrected chi connectivity index (χ0v) is 14.1. The van der Waals surface area contributed by atoms with Gasteiger partial charge in [0.2, 0.25) is 5.91 Å². The standard InChI is InChI=1S/C20H25NO/c1-14-11-12-17(15(2)13-14)18(16-9-7-6-8-10-16)21-19(22)20(3,4)5/h6-13,18H,1-5H3,(H,21,22). The number of hydrogen-bond donors (Lipinski definition) is 1. The molecule has 2 rings (SSSR count). The first-order valence-electron chi connectivity index (χ1n) is 7.72. The third kappa shape index (κ3) is 3.76. The molecule has 0 saturated carbocycles. The molecule has 2 heteroatoms. The van der Waals surface area contributed by atoms with Gasteiger partial charge in [-0.3, -0.25) is 4.79 Å². The third-order valence-corrected chi connectivity index (χ3v) is 3.83. The topological polar surface area (TPSA) is 29.1 Å². The zero-order valence-electron chi connectivity index (χ0n) is 14.1. The summed E-state index contributed by atoms with van der Waals surface area (Å²) in [6.45, 7) is 9.99. The lowest BCUT2D eigenvalue weighted by Crippen LogP contribution is -2.38. The molecule has 22 heavy (non-hydrogen) atoms. The van der Waals surface area contributed by atoms with Crippen LogP contribution >= 0.6 is 0 Å². The van der Waals surface area contributed by atoms with Gasteiger partial charge in [0.15, 0.2) is 0 Å². The summed E-state index contributed by atoms with van der Waals surface area (Å²) < 4.78 is 0. The third-order valence-electron chi connectivity index (χ3n) is 3.83. The fourth-order valence-corrected chi connectivity index (χ4v) is 2.48. The molecule has 0 spiro atoms. The molecule has 0 heterocycles. The molecule has 0 aliphatic heterocycles. The molecule has 1 amide bonds. The lowest BCUT2D eigenvalue weighted by atomic mass is 9.90. The molecule has 0 saturated heterocycles. The SMILES string of the molecule is Cc1ccc(C(NC(=O)C(C)(C)C)c2ccccc2)c(C)c1. The van der Waals surface area contributed by atoms with E-state index in [1.54, 1.807) is 0 Å². The van der Waals surface area contributed by atoms with E-state index >= 15 is 0 Å². The Kier molecular flexibility index (Phi) is 4.70. The van der Waals surface area contributed by atoms with Crippen LogP contribution in [0.15, 0.2) is 48.5 Å². The van der Waals surface area contributed by atoms with Gasteiger partial charge in [-0.15, -0.1) is 0 Å². The predicted molar refractivity (Wildman–Crippen MR) is 91.8 cm³/mol. The second-order valence-electron chi connectivity index (χ2n) is 6.93. The minimum atomic E-state index is -0.411. The van der Waals surface area contributed by atoms with Crippen LogP contribution < -0.4 is 5.32 Å². The van der Waals surface area contributed by atoms with Gasteiger partial charge < -0.3 is 5.32 Å². The molecule has 0 radical (unpaired) electrons. The molecule has 1 atom stereocenters. The monoisotopic (exact) mass is 295 g/mol. The summed E-state index contributed by atoms with van der Waals surface area (Å²) in [7, 11) is 0. The van der Waals surface area contributed by atoms with Gasteiger partial charge in [0.05, 0.1) is 6.04 Å². The Morgan fingerprint density at radius 2 is 1.64 bits per heavy atom. The minimum Gasteiger partial charge on any atom is -0.345 e. The van der Waals surface area contributed by atoms with Crippen molar-refractivity contribution in [3.8, 4) is 0 Å². The zero-order chi connectivity index (χ0) is 16.3. The van der Waals surface area contributed by atoms with Crippen molar-refractivity contribution >= 4 is 5.91 Å². The highest BCUT2D eigenvalue weighted by Crippen LogP contribution is 2.27. The van der Waals surface area contributed by atoms with Crippen molar-refractivity contribution in [1.29, 1.82) is 0 Å². The maximum Gasteiger partial charge on any atom is 0.226 e. The van der Waals surface area contributed by atoms with Gasteiger partial charge in [-0.25, -0.2) is 0 Å². The summed E-state index contributed by atoms with van der Waals surface area (Å²) in [6.07, 6.45) is 0. The maximum absolute atomic E-state index is 12.5. The van der Waals surface area contributed by atoms with Gasteiger partial charge in [-0.05, 0) is 30.5 Å². The predicted octanol–water partition coefficient (Wildman–Crippen LogP) is 4.56. The Hall–Kier alpha value is -2.09. The van der Waals surface area contributed by atoms with Gasteiger partial charge in [-0.2, -0.15) is 0 Å². The highest BCUT2D eigenvalue weighted by atomic mass is 16.2. The van der Waals surface area contributed by atoms with E-state index in [4.69, 9.17) is 0 Å². The van der Waals surface area contributed by atoms with Gasteiger partial charge in [0.25, 0.3) is 0 Å². The number of rotatable bonds is 3. The molecular weight excluding hydrogens is 270 g/mol. The molecule has 0 aromatic heterocycles. The van der Waals surface area contributed by atoms with Crippen LogP contribution in [-0.4, -0.2) is 5.91 Å². The first-order valence-corrected chi connectivity index (χ1v) is 7.72. The van der Waals surface area contributed by atoms with Crippen molar-refractivity contribution in [3.05, 3.63) is 70.8 Å². The van der Waals surface area contributed by atoms with Crippen LogP contribution in [0.5, 0.6) is 0 Å². The molecule has 1 unspecified atom stereocenters. The molecule has 0 fully saturated rings. The first kappa shape index (κ1) is 16.3. The fraction of sp³-hybridized carbons (Fsp3) is 0.350. The number of benzene rings is 2. The van der Waals surface area contributed by atoms with E-state index in [1.165, 1.54) is 11.1 Å². The van der Waals surface area contributed by atoms with Gasteiger partial charge in [-0.1, -0.05) is 74.9 Å². The van der Waals surface area contributed by atoms with Crippen molar-refractivity contribution in [1.82, 2.24) is 5.32 Å². The van der Waals surface area contributed by atoms with E-state index in [2.05, 4.69) is 49.5 Å². The van der Waals surface area contributed by atoms with Crippen LogP contribution in [0, 0.1) is 19.3 Å². The number of hydrogen-bond acceptors (Lipinski definition) is 1. The number of carbonyl (C=O) groups is 1. The Bertz CT molecular complexity index is 653. The van der Waals surface area contributed by atoms with E-state index in [-0.39, 0.29) is 11.9 Å². The quantitative estimate of drug-likeness (QED) is 0.884. The number of nitrogens with one attached hydrogen (secondary N) is 1. The Labute approximate surface area is 133 Å². The van der Waals surface area contributed by atoms with Crippen LogP contribution in [0.3, 0.4) is 0 Å². The molecule has 2 aromatic rings. The van der Waals surface area contributed by atoms with Gasteiger partial charge >= 0.3 is 0 Å². The van der Waals surface area contributed by atoms with Crippen molar-refractivity contribution in [2.24, 2.45) is 5.41 Å². The van der Waals surface area contributed by atoms with E-state index < -0.39 is 5.41 Å². The normalized spacial score (nSPS) is 12.8. The minimum absolute atomic E-state index is 0.0568. The molecule has 0 aliphatic rings. The summed E-state index contributed by atoms with van der Waals surface area (Å²) >= 11 is 0. The molecule has 0 bridgehead atoms. The highest BCUT2D eigenvalue weighted by Gasteiger charge is 2.26. The number of amides is 1. The van der Waals surface area contributed by atoms with Crippen molar-refractivity contribution in [2.75, 3.05) is 0 Å². The highest BCUT2D eigenvalue weighted by molar-refractivity contribution is 5.82. The summed E-state index contributed by atoms with van der Waals surface area (Å²) in [6, 6.07) is 16.4. The van der Waals surface area contributed by atoms with E-state index in [1.807, 2.05) is 39.0 Å². The lowest BCUT2D eigenvalue weighted by molar-refractivity contribution is -0.129. The summed E-state index contributed by atoms with van der Waals surface area (Å²) in [5.74, 6) is 0.0568. The average Bonchev–Trinajstić information content (AvgIpc) is 2.45. The summed E-state index contributed by atoms with van der Waals surface area (Å²) in [4.78, 5) is 12.5. The van der Waals surface area contributed by atoms with Crippen molar-refractivity contribution < 1.29 is 4.79 Å². The number of aryl methyl sites for hydroxylation is 2. The van der Waals surface area contributed by atoms with Gasteiger partial charge in [0.1, 0.15) is 0 Å². The molecule has 2 nitrogen and oxygen atoms in total. The Morgan fingerprint density at radius 3 is 2.18 bits per heavy atom. The molecular formula is C20H25NO. The summed E-state index contributed by atoms with van der Waals surface area (Å²) in [5, 5.41) is 3.21. The van der Waals surface area contributed by atoms with Crippen LogP contribution in [0.4, 0.5) is 0 Å². The average molecular weight is 295 g/mol. The van der Waals surface area contributed by atoms with Crippen LogP contribution in [0.1, 0.15) is 49.1 Å². The van der Waals surface area contributed by atoms with Crippen LogP contribution in [0.25, 0.3) is 0 Å². The van der Waals surface area contributed by atoms with Crippen LogP contribution in [-0.2, 0) is 4.79 Å². The van der Waals surface area contributed by atoms with Crippen LogP contribution in [0.2, 0.25) is 0 Å². The smallest absolute Gasteiger partial charge is 0.226 e. The van der Waals surface area contributed by atoms with E-state index in [9.17, 15) is 4.79 Å². The Balaban J connectivity index is 2.44. The van der Waals surface area contributed by atoms with Crippen molar-refractivity contribution in [3.63, 3.8) is 0 Å². The molecule has 116 valence electrons. The van der Waals surface area contributed by atoms with E-state index in [0.717, 1.165) is 11.1 Å². The lowest BCUT2D eigenvalue weighted by Gasteiger charge is -2.26. The maximum atomic E-state index is 12.5. The Morgan fingerprint density at radius 1 is 1.00 bits per heavy atom. The second-order valence-corrected chi connectivity index (χ2v) is 6.93.